The van der Waals surface area contributed by atoms with Gasteiger partial charge >= 0.3 is 5.97 Å². The maximum Gasteiger partial charge on any atom is 0.337 e. The Morgan fingerprint density at radius 3 is 2.78 bits per heavy atom. The topological polar surface area (TPSA) is 50.4 Å². The van der Waals surface area contributed by atoms with Crippen molar-refractivity contribution < 1.29 is 9.53 Å². The molecule has 0 fully saturated rings. The first-order valence-corrected chi connectivity index (χ1v) is 6.13. The van der Waals surface area contributed by atoms with Crippen molar-refractivity contribution in [1.82, 2.24) is 10.6 Å². The SMILES string of the molecule is CCOC(=O)C1=C(c2ccccc2)NC(=S)NC1. The van der Waals surface area contributed by atoms with E-state index in [-0.39, 0.29) is 5.97 Å². The van der Waals surface area contributed by atoms with Gasteiger partial charge in [0.1, 0.15) is 0 Å². The molecule has 0 aliphatic carbocycles. The smallest absolute Gasteiger partial charge is 0.337 e. The zero-order valence-corrected chi connectivity index (χ0v) is 10.8. The van der Waals surface area contributed by atoms with E-state index in [9.17, 15) is 4.79 Å². The first-order chi connectivity index (χ1) is 8.72. The minimum atomic E-state index is -0.321. The van der Waals surface area contributed by atoms with Gasteiger partial charge < -0.3 is 15.4 Å². The molecule has 0 radical (unpaired) electrons. The van der Waals surface area contributed by atoms with E-state index in [4.69, 9.17) is 17.0 Å². The summed E-state index contributed by atoms with van der Waals surface area (Å²) in [5.41, 5.74) is 2.21. The van der Waals surface area contributed by atoms with Crippen LogP contribution in [0.2, 0.25) is 0 Å². The van der Waals surface area contributed by atoms with E-state index < -0.39 is 0 Å². The Kier molecular flexibility index (Phi) is 3.94. The molecule has 0 saturated heterocycles. The number of nitrogens with one attached hydrogen (secondary N) is 2. The predicted octanol–water partition coefficient (Wildman–Crippen LogP) is 1.44. The van der Waals surface area contributed by atoms with Crippen LogP contribution in [0.15, 0.2) is 35.9 Å². The summed E-state index contributed by atoms with van der Waals surface area (Å²) in [6, 6.07) is 9.61. The second kappa shape index (κ2) is 5.64. The van der Waals surface area contributed by atoms with Crippen molar-refractivity contribution in [1.29, 1.82) is 0 Å². The Balaban J connectivity index is 2.40. The van der Waals surface area contributed by atoms with Crippen LogP contribution < -0.4 is 10.6 Å². The molecule has 0 aromatic heterocycles. The van der Waals surface area contributed by atoms with E-state index in [1.807, 2.05) is 30.3 Å². The number of rotatable bonds is 3. The molecule has 0 unspecified atom stereocenters. The average Bonchev–Trinajstić information content (AvgIpc) is 2.40. The maximum atomic E-state index is 11.9. The van der Waals surface area contributed by atoms with E-state index in [2.05, 4.69) is 10.6 Å². The highest BCUT2D eigenvalue weighted by Crippen LogP contribution is 2.19. The fourth-order valence-electron chi connectivity index (χ4n) is 1.73. The standard InChI is InChI=1S/C13H14N2O2S/c1-2-17-12(16)10-8-14-13(18)15-11(10)9-6-4-3-5-7-9/h3-7H,2,8H2,1H3,(H2,14,15,18). The third kappa shape index (κ3) is 2.68. The monoisotopic (exact) mass is 262 g/mol. The van der Waals surface area contributed by atoms with Gasteiger partial charge in [0, 0.05) is 0 Å². The lowest BCUT2D eigenvalue weighted by Gasteiger charge is -2.23. The van der Waals surface area contributed by atoms with Crippen LogP contribution in [0, 0.1) is 0 Å². The van der Waals surface area contributed by atoms with Gasteiger partial charge in [-0.15, -0.1) is 0 Å². The molecule has 2 N–H and O–H groups in total. The zero-order chi connectivity index (χ0) is 13.0. The fraction of sp³-hybridized carbons (Fsp3) is 0.231. The van der Waals surface area contributed by atoms with Crippen LogP contribution in [-0.2, 0) is 9.53 Å². The molecule has 0 bridgehead atoms. The fourth-order valence-corrected chi connectivity index (χ4v) is 1.91. The van der Waals surface area contributed by atoms with Crippen molar-refractivity contribution in [3.63, 3.8) is 0 Å². The predicted molar refractivity (Wildman–Crippen MR) is 73.7 cm³/mol. The van der Waals surface area contributed by atoms with E-state index in [1.165, 1.54) is 0 Å². The second-order valence-electron chi connectivity index (χ2n) is 3.75. The van der Waals surface area contributed by atoms with E-state index in [0.29, 0.717) is 23.8 Å². The summed E-state index contributed by atoms with van der Waals surface area (Å²) in [7, 11) is 0. The second-order valence-corrected chi connectivity index (χ2v) is 4.16. The summed E-state index contributed by atoms with van der Waals surface area (Å²) in [4.78, 5) is 11.9. The Morgan fingerprint density at radius 1 is 1.39 bits per heavy atom. The highest BCUT2D eigenvalue weighted by Gasteiger charge is 2.22. The van der Waals surface area contributed by atoms with Crippen molar-refractivity contribution in [2.24, 2.45) is 0 Å². The molecular formula is C13H14N2O2S. The van der Waals surface area contributed by atoms with Gasteiger partial charge in [-0.1, -0.05) is 30.3 Å². The summed E-state index contributed by atoms with van der Waals surface area (Å²) in [6.07, 6.45) is 0. The van der Waals surface area contributed by atoms with Gasteiger partial charge in [-0.05, 0) is 24.7 Å². The molecule has 1 heterocycles. The highest BCUT2D eigenvalue weighted by molar-refractivity contribution is 7.80. The lowest BCUT2D eigenvalue weighted by Crippen LogP contribution is -2.43. The molecule has 0 atom stereocenters. The van der Waals surface area contributed by atoms with Crippen LogP contribution in [-0.4, -0.2) is 24.2 Å². The van der Waals surface area contributed by atoms with Gasteiger partial charge in [-0.2, -0.15) is 0 Å². The molecule has 2 rings (SSSR count). The number of esters is 1. The number of carbonyl (C=O) groups is 1. The van der Waals surface area contributed by atoms with E-state index in [1.54, 1.807) is 6.92 Å². The molecular weight excluding hydrogens is 248 g/mol. The van der Waals surface area contributed by atoms with Crippen LogP contribution >= 0.6 is 12.2 Å². The van der Waals surface area contributed by atoms with Crippen LogP contribution in [0.1, 0.15) is 12.5 Å². The number of ether oxygens (including phenoxy) is 1. The molecule has 0 amide bonds. The quantitative estimate of drug-likeness (QED) is 0.637. The molecule has 4 nitrogen and oxygen atoms in total. The molecule has 1 aliphatic heterocycles. The van der Waals surface area contributed by atoms with E-state index >= 15 is 0 Å². The van der Waals surface area contributed by atoms with Gasteiger partial charge in [0.05, 0.1) is 24.4 Å². The number of carbonyl (C=O) groups excluding carboxylic acids is 1. The van der Waals surface area contributed by atoms with Gasteiger partial charge in [0.15, 0.2) is 5.11 Å². The summed E-state index contributed by atoms with van der Waals surface area (Å²) >= 11 is 5.08. The summed E-state index contributed by atoms with van der Waals surface area (Å²) < 4.78 is 5.05. The lowest BCUT2D eigenvalue weighted by atomic mass is 10.1. The first-order valence-electron chi connectivity index (χ1n) is 5.73. The maximum absolute atomic E-state index is 11.9. The Labute approximate surface area is 111 Å². The summed E-state index contributed by atoms with van der Waals surface area (Å²) in [5.74, 6) is -0.321. The molecule has 18 heavy (non-hydrogen) atoms. The van der Waals surface area contributed by atoms with E-state index in [0.717, 1.165) is 11.3 Å². The van der Waals surface area contributed by atoms with Crippen LogP contribution in [0.25, 0.3) is 5.70 Å². The Bertz CT molecular complexity index is 497. The number of thiocarbonyl (C=S) groups is 1. The van der Waals surface area contributed by atoms with Crippen LogP contribution in [0.5, 0.6) is 0 Å². The average molecular weight is 262 g/mol. The molecule has 5 heteroatoms. The van der Waals surface area contributed by atoms with Gasteiger partial charge in [-0.25, -0.2) is 4.79 Å². The zero-order valence-electron chi connectivity index (χ0n) is 10.0. The van der Waals surface area contributed by atoms with Crippen molar-refractivity contribution >= 4 is 29.0 Å². The Hall–Kier alpha value is -1.88. The molecule has 0 saturated carbocycles. The largest absolute Gasteiger partial charge is 0.463 e. The molecule has 94 valence electrons. The van der Waals surface area contributed by atoms with Gasteiger partial charge in [-0.3, -0.25) is 0 Å². The summed E-state index contributed by atoms with van der Waals surface area (Å²) in [6.45, 7) is 2.53. The van der Waals surface area contributed by atoms with Crippen molar-refractivity contribution in [3.05, 3.63) is 41.5 Å². The lowest BCUT2D eigenvalue weighted by molar-refractivity contribution is -0.138. The normalized spacial score (nSPS) is 14.8. The molecule has 1 aliphatic rings. The number of hydrogen-bond donors (Lipinski definition) is 2. The van der Waals surface area contributed by atoms with Gasteiger partial charge in [0.2, 0.25) is 0 Å². The van der Waals surface area contributed by atoms with Crippen molar-refractivity contribution in [3.8, 4) is 0 Å². The van der Waals surface area contributed by atoms with Crippen LogP contribution in [0.4, 0.5) is 0 Å². The minimum absolute atomic E-state index is 0.321. The number of hydrogen-bond acceptors (Lipinski definition) is 3. The van der Waals surface area contributed by atoms with Crippen molar-refractivity contribution in [2.75, 3.05) is 13.2 Å². The van der Waals surface area contributed by atoms with Crippen LogP contribution in [0.3, 0.4) is 0 Å². The molecule has 1 aromatic rings. The number of benzene rings is 1. The molecule has 0 spiro atoms. The minimum Gasteiger partial charge on any atom is -0.463 e. The third-order valence-electron chi connectivity index (χ3n) is 2.55. The van der Waals surface area contributed by atoms with Crippen molar-refractivity contribution in [2.45, 2.75) is 6.92 Å². The third-order valence-corrected chi connectivity index (χ3v) is 2.80. The van der Waals surface area contributed by atoms with Gasteiger partial charge in [0.25, 0.3) is 0 Å². The summed E-state index contributed by atoms with van der Waals surface area (Å²) in [5, 5.41) is 6.47. The highest BCUT2D eigenvalue weighted by atomic mass is 32.1. The molecule has 1 aromatic carbocycles. The first kappa shape index (κ1) is 12.6. The Morgan fingerprint density at radius 2 is 2.11 bits per heavy atom.